The van der Waals surface area contributed by atoms with Crippen molar-refractivity contribution in [1.82, 2.24) is 30.4 Å². The lowest BCUT2D eigenvalue weighted by Crippen LogP contribution is -2.53. The summed E-state index contributed by atoms with van der Waals surface area (Å²) in [6.07, 6.45) is 2.91. The third kappa shape index (κ3) is 8.78. The van der Waals surface area contributed by atoms with E-state index in [4.69, 9.17) is 19.5 Å². The van der Waals surface area contributed by atoms with Crippen LogP contribution in [-0.4, -0.2) is 94.9 Å². The fraction of sp³-hybridized carbons (Fsp3) is 0.467. The summed E-state index contributed by atoms with van der Waals surface area (Å²) in [5.41, 5.74) is 7.09. The van der Waals surface area contributed by atoms with Gasteiger partial charge in [0, 0.05) is 40.5 Å². The third-order valence-electron chi connectivity index (χ3n) is 11.7. The van der Waals surface area contributed by atoms with Gasteiger partial charge in [0.15, 0.2) is 0 Å². The highest BCUT2D eigenvalue weighted by molar-refractivity contribution is 7.16. The van der Waals surface area contributed by atoms with Gasteiger partial charge in [-0.1, -0.05) is 84.0 Å². The second kappa shape index (κ2) is 17.4. The summed E-state index contributed by atoms with van der Waals surface area (Å²) in [5.74, 6) is 0.895. The van der Waals surface area contributed by atoms with Crippen molar-refractivity contribution in [2.45, 2.75) is 85.0 Å². The molecule has 0 spiro atoms. The minimum atomic E-state index is -0.701. The smallest absolute Gasteiger partial charge is 0.407 e. The molecule has 4 amide bonds. The maximum atomic E-state index is 13.8. The molecule has 59 heavy (non-hydrogen) atoms. The Morgan fingerprint density at radius 1 is 0.763 bits per heavy atom. The van der Waals surface area contributed by atoms with E-state index >= 15 is 0 Å². The lowest BCUT2D eigenvalue weighted by molar-refractivity contribution is -0.136. The maximum Gasteiger partial charge on any atom is 0.407 e. The number of benzene rings is 2. The zero-order valence-electron chi connectivity index (χ0n) is 35.1. The Kier molecular flexibility index (Phi) is 12.3. The van der Waals surface area contributed by atoms with Crippen molar-refractivity contribution >= 4 is 46.7 Å². The molecular weight excluding hydrogens is 767 g/mol. The van der Waals surface area contributed by atoms with Crippen molar-refractivity contribution in [3.05, 3.63) is 71.5 Å². The number of likely N-dealkylation sites (tertiary alicyclic amines) is 2. The summed E-state index contributed by atoms with van der Waals surface area (Å²) in [6.45, 7) is 13.2. The number of alkyl carbamates (subject to hydrolysis) is 2. The van der Waals surface area contributed by atoms with Crippen molar-refractivity contribution in [1.29, 1.82) is 0 Å². The Bertz CT molecular complexity index is 2230. The Balaban J connectivity index is 1.04. The SMILES string of the molecule is COC(=O)N[C@H](C(=O)N1C[C@@H](C)C[C@H]1C1=Nc2cc(-c3ccc(-c4cccc(-c5cnc([C@@H]6C[C@H](C)CN6C(=O)[C@@H](NC(=O)OC)C(C)C)[nH]5)c4)cc3)sc2C1)C(C)C. The maximum absolute atomic E-state index is 13.8. The number of hydrogen-bond acceptors (Lipinski definition) is 9. The second-order valence-electron chi connectivity index (χ2n) is 16.9. The molecule has 0 radical (unpaired) electrons. The van der Waals surface area contributed by atoms with Gasteiger partial charge in [-0.15, -0.1) is 11.3 Å². The van der Waals surface area contributed by atoms with Crippen LogP contribution in [0.3, 0.4) is 0 Å². The van der Waals surface area contributed by atoms with Gasteiger partial charge < -0.3 is 34.9 Å². The van der Waals surface area contributed by atoms with Crippen molar-refractivity contribution in [2.75, 3.05) is 27.3 Å². The molecule has 3 aliphatic heterocycles. The normalized spacial score (nSPS) is 21.0. The molecular formula is C45H55N7O6S. The monoisotopic (exact) mass is 821 g/mol. The fourth-order valence-corrected chi connectivity index (χ4v) is 9.71. The van der Waals surface area contributed by atoms with Gasteiger partial charge in [-0.05, 0) is 65.3 Å². The first kappa shape index (κ1) is 41.7. The number of nitrogens with one attached hydrogen (secondary N) is 3. The average molecular weight is 822 g/mol. The second-order valence-corrected chi connectivity index (χ2v) is 18.1. The van der Waals surface area contributed by atoms with Crippen LogP contribution in [0.1, 0.15) is 71.1 Å². The van der Waals surface area contributed by atoms with Gasteiger partial charge in [0.1, 0.15) is 17.9 Å². The average Bonchev–Trinajstić information content (AvgIpc) is 4.07. The summed E-state index contributed by atoms with van der Waals surface area (Å²) in [7, 11) is 2.60. The molecule has 14 heteroatoms. The molecule has 312 valence electrons. The van der Waals surface area contributed by atoms with Crippen LogP contribution < -0.4 is 10.6 Å². The predicted octanol–water partition coefficient (Wildman–Crippen LogP) is 8.01. The number of aromatic nitrogens is 2. The number of carbonyl (C=O) groups is 4. The van der Waals surface area contributed by atoms with E-state index in [0.717, 1.165) is 62.9 Å². The molecule has 0 saturated carbocycles. The van der Waals surface area contributed by atoms with E-state index in [0.29, 0.717) is 25.4 Å². The number of carbonyl (C=O) groups excluding carboxylic acids is 4. The van der Waals surface area contributed by atoms with Crippen LogP contribution >= 0.6 is 11.3 Å². The number of methoxy groups -OCH3 is 2. The van der Waals surface area contributed by atoms with Gasteiger partial charge in [0.05, 0.1) is 43.9 Å². The lowest BCUT2D eigenvalue weighted by Gasteiger charge is -2.31. The molecule has 7 rings (SSSR count). The minimum absolute atomic E-state index is 0.0894. The number of aromatic amines is 1. The molecule has 2 aromatic heterocycles. The van der Waals surface area contributed by atoms with E-state index in [1.165, 1.54) is 19.1 Å². The molecule has 0 unspecified atom stereocenters. The first-order valence-corrected chi connectivity index (χ1v) is 21.3. The van der Waals surface area contributed by atoms with E-state index in [2.05, 4.69) is 78.0 Å². The number of hydrogen-bond donors (Lipinski definition) is 3. The van der Waals surface area contributed by atoms with Crippen LogP contribution in [0.15, 0.2) is 65.8 Å². The van der Waals surface area contributed by atoms with Crippen molar-refractivity contribution in [3.63, 3.8) is 0 Å². The number of aliphatic imine (C=N–C) groups is 1. The topological polar surface area (TPSA) is 158 Å². The molecule has 3 aliphatic rings. The Morgan fingerprint density at radius 2 is 1.32 bits per heavy atom. The van der Waals surface area contributed by atoms with Crippen molar-refractivity contribution < 1.29 is 28.7 Å². The molecule has 4 aromatic rings. The first-order valence-electron chi connectivity index (χ1n) is 20.5. The highest BCUT2D eigenvalue weighted by Crippen LogP contribution is 2.43. The quantitative estimate of drug-likeness (QED) is 0.138. The summed E-state index contributed by atoms with van der Waals surface area (Å²) in [5, 5.41) is 5.46. The van der Waals surface area contributed by atoms with Crippen molar-refractivity contribution in [3.8, 4) is 32.8 Å². The number of thiophene rings is 1. The number of H-pyrrole nitrogens is 1. The molecule has 2 aromatic carbocycles. The largest absolute Gasteiger partial charge is 0.453 e. The molecule has 2 fully saturated rings. The van der Waals surface area contributed by atoms with Crippen LogP contribution in [-0.2, 0) is 25.5 Å². The summed E-state index contributed by atoms with van der Waals surface area (Å²) in [4.78, 5) is 71.0. The van der Waals surface area contributed by atoms with Crippen LogP contribution in [0, 0.1) is 23.7 Å². The van der Waals surface area contributed by atoms with E-state index < -0.39 is 24.3 Å². The van der Waals surface area contributed by atoms with Crippen molar-refractivity contribution in [2.24, 2.45) is 28.7 Å². The van der Waals surface area contributed by atoms with Crippen LogP contribution in [0.4, 0.5) is 15.3 Å². The Hall–Kier alpha value is -5.50. The standard InChI is InChI=1S/C45H55N7O6S/c1-24(2)39(49-44(55)57-7)42(53)51-22-26(5)16-35(51)32-19-38-33(47-32)20-37(59-38)29-14-12-28(13-15-29)30-10-9-11-31(18-30)34-21-46-41(48-34)36-17-27(6)23-52(36)43(54)40(25(3)4)50-45(56)58-8/h9-15,18,20-21,24-27,35-36,39-40H,16-17,19,22-23H2,1-8H3,(H,46,48)(H,49,55)(H,50,56)/t26-,27-,35-,36-,39-,40-/m0/s1. The zero-order valence-corrected chi connectivity index (χ0v) is 35.9. The molecule has 0 bridgehead atoms. The lowest BCUT2D eigenvalue weighted by atomic mass is 10.0. The van der Waals surface area contributed by atoms with Gasteiger partial charge >= 0.3 is 12.2 Å². The highest BCUT2D eigenvalue weighted by atomic mass is 32.1. The Morgan fingerprint density at radius 3 is 1.90 bits per heavy atom. The Labute approximate surface area is 350 Å². The van der Waals surface area contributed by atoms with E-state index in [9.17, 15) is 19.2 Å². The van der Waals surface area contributed by atoms with Crippen LogP contribution in [0.5, 0.6) is 0 Å². The van der Waals surface area contributed by atoms with Gasteiger partial charge in [-0.3, -0.25) is 14.6 Å². The predicted molar refractivity (Wildman–Crippen MR) is 229 cm³/mol. The number of fused-ring (bicyclic) bond motifs is 1. The number of ether oxygens (including phenoxy) is 2. The molecule has 5 heterocycles. The number of nitrogens with zero attached hydrogens (tertiary/aromatic N) is 4. The number of imidazole rings is 1. The molecule has 2 saturated heterocycles. The summed E-state index contributed by atoms with van der Waals surface area (Å²) >= 11 is 1.74. The molecule has 13 nitrogen and oxygen atoms in total. The third-order valence-corrected chi connectivity index (χ3v) is 12.9. The van der Waals surface area contributed by atoms with Gasteiger partial charge in [-0.2, -0.15) is 0 Å². The van der Waals surface area contributed by atoms with Gasteiger partial charge in [-0.25, -0.2) is 14.6 Å². The highest BCUT2D eigenvalue weighted by Gasteiger charge is 2.42. The summed E-state index contributed by atoms with van der Waals surface area (Å²) in [6, 6.07) is 17.3. The van der Waals surface area contributed by atoms with Gasteiger partial charge in [0.25, 0.3) is 0 Å². The molecule has 0 aliphatic carbocycles. The summed E-state index contributed by atoms with van der Waals surface area (Å²) < 4.78 is 9.59. The van der Waals surface area contributed by atoms with E-state index in [-0.39, 0.29) is 41.7 Å². The molecule has 3 N–H and O–H groups in total. The fourth-order valence-electron chi connectivity index (χ4n) is 8.59. The number of rotatable bonds is 11. The number of amides is 4. The van der Waals surface area contributed by atoms with E-state index in [1.807, 2.05) is 49.8 Å². The van der Waals surface area contributed by atoms with Gasteiger partial charge in [0.2, 0.25) is 11.8 Å². The van der Waals surface area contributed by atoms with E-state index in [1.54, 1.807) is 11.3 Å². The van der Waals surface area contributed by atoms with Crippen LogP contribution in [0.25, 0.3) is 32.8 Å². The molecule has 6 atom stereocenters. The minimum Gasteiger partial charge on any atom is -0.453 e. The first-order chi connectivity index (χ1) is 28.2. The zero-order chi connectivity index (χ0) is 42.1. The van der Waals surface area contributed by atoms with Crippen LogP contribution in [0.2, 0.25) is 0 Å².